The van der Waals surface area contributed by atoms with Gasteiger partial charge in [-0.05, 0) is 70.9 Å². The number of unbranched alkanes of at least 4 members (excludes halogenated alkanes) is 1. The van der Waals surface area contributed by atoms with Gasteiger partial charge in [0, 0.05) is 16.5 Å². The van der Waals surface area contributed by atoms with Crippen LogP contribution in [0.25, 0.3) is 0 Å². The van der Waals surface area contributed by atoms with Gasteiger partial charge in [-0.3, -0.25) is 0 Å². The fourth-order valence-electron chi connectivity index (χ4n) is 4.34. The Hall–Kier alpha value is -2.69. The van der Waals surface area contributed by atoms with E-state index in [0.29, 0.717) is 63.8 Å². The van der Waals surface area contributed by atoms with Gasteiger partial charge in [0.05, 0.1) is 30.4 Å². The maximum absolute atomic E-state index is 13.5. The van der Waals surface area contributed by atoms with Gasteiger partial charge in [0.1, 0.15) is 6.04 Å². The lowest BCUT2D eigenvalue weighted by molar-refractivity contribution is -0.139. The smallest absolute Gasteiger partial charge is 0.338 e. The largest absolute Gasteiger partial charge is 0.493 e. The summed E-state index contributed by atoms with van der Waals surface area (Å²) in [6.07, 6.45) is 2.63. The second-order valence-corrected chi connectivity index (χ2v) is 12.4. The summed E-state index contributed by atoms with van der Waals surface area (Å²) in [5.74, 6) is 2.43. The Bertz CT molecular complexity index is 1410. The van der Waals surface area contributed by atoms with Crippen LogP contribution < -0.4 is 14.8 Å². The van der Waals surface area contributed by atoms with Crippen molar-refractivity contribution in [2.24, 2.45) is 5.92 Å². The van der Waals surface area contributed by atoms with E-state index in [2.05, 4.69) is 42.0 Å². The number of halogens is 2. The summed E-state index contributed by atoms with van der Waals surface area (Å²) in [4.78, 5) is 18.2. The van der Waals surface area contributed by atoms with Crippen molar-refractivity contribution in [2.75, 3.05) is 25.6 Å². The number of anilines is 1. The molecule has 4 rings (SSSR count). The zero-order valence-electron chi connectivity index (χ0n) is 24.0. The van der Waals surface area contributed by atoms with Gasteiger partial charge in [-0.1, -0.05) is 68.8 Å². The molecule has 0 spiro atoms. The van der Waals surface area contributed by atoms with Crippen LogP contribution in [-0.4, -0.2) is 41.1 Å². The Morgan fingerprint density at radius 2 is 2.02 bits per heavy atom. The van der Waals surface area contributed by atoms with Crippen LogP contribution >= 0.6 is 39.3 Å². The monoisotopic (exact) mass is 662 g/mol. The van der Waals surface area contributed by atoms with Crippen molar-refractivity contribution in [1.82, 2.24) is 14.8 Å². The predicted octanol–water partition coefficient (Wildman–Crippen LogP) is 8.05. The molecule has 1 N–H and O–H groups in total. The minimum atomic E-state index is -0.600. The number of hydrogen-bond acceptors (Lipinski definition) is 8. The van der Waals surface area contributed by atoms with Gasteiger partial charge in [0.2, 0.25) is 11.1 Å². The van der Waals surface area contributed by atoms with E-state index < -0.39 is 12.0 Å². The van der Waals surface area contributed by atoms with E-state index in [9.17, 15) is 4.79 Å². The highest BCUT2D eigenvalue weighted by atomic mass is 79.9. The van der Waals surface area contributed by atoms with Crippen molar-refractivity contribution < 1.29 is 19.0 Å². The van der Waals surface area contributed by atoms with Crippen LogP contribution in [0.3, 0.4) is 0 Å². The average Bonchev–Trinajstić information content (AvgIpc) is 3.34. The van der Waals surface area contributed by atoms with E-state index >= 15 is 0 Å². The molecule has 0 amide bonds. The summed E-state index contributed by atoms with van der Waals surface area (Å²) < 4.78 is 20.0. The molecule has 0 saturated carbocycles. The first-order valence-corrected chi connectivity index (χ1v) is 15.9. The number of ether oxygens (including phenoxy) is 3. The third-order valence-electron chi connectivity index (χ3n) is 6.61. The highest BCUT2D eigenvalue weighted by Gasteiger charge is 2.36. The fourth-order valence-corrected chi connectivity index (χ4v) is 6.03. The molecule has 0 radical (unpaired) electrons. The van der Waals surface area contributed by atoms with Crippen molar-refractivity contribution >= 4 is 51.2 Å². The number of benzene rings is 2. The molecule has 1 unspecified atom stereocenters. The van der Waals surface area contributed by atoms with Crippen LogP contribution in [0, 0.1) is 5.92 Å². The maximum Gasteiger partial charge on any atom is 0.338 e. The topological polar surface area (TPSA) is 87.5 Å². The normalized spacial score (nSPS) is 14.6. The molecule has 11 heteroatoms. The number of aromatic nitrogens is 3. The molecular formula is C30H36BrClN4O4S. The lowest BCUT2D eigenvalue weighted by Crippen LogP contribution is -2.30. The van der Waals surface area contributed by atoms with E-state index in [1.807, 2.05) is 43.3 Å². The number of nitrogens with zero attached hydrogens (tertiary/aromatic N) is 3. The molecule has 1 aliphatic rings. The fraction of sp³-hybridized carbons (Fsp3) is 0.433. The highest BCUT2D eigenvalue weighted by molar-refractivity contribution is 9.10. The molecule has 220 valence electrons. The van der Waals surface area contributed by atoms with Gasteiger partial charge < -0.3 is 19.5 Å². The summed E-state index contributed by atoms with van der Waals surface area (Å²) >= 11 is 11.5. The van der Waals surface area contributed by atoms with E-state index in [1.54, 1.807) is 11.8 Å². The standard InChI is InChI=1S/C30H36BrClN4O4S/c1-6-7-13-40-28(37)25-19(4)33-29-34-30(41-17-20-10-8-9-11-23(20)32)35-36(29)26(25)21-15-22(31)27(24(16-21)38-5)39-14-12-18(2)3/h8-11,15-16,18,26H,6-7,12-14,17H2,1-5H3,(H,33,34,35). The van der Waals surface area contributed by atoms with Gasteiger partial charge in [-0.15, -0.1) is 5.10 Å². The molecule has 1 aliphatic heterocycles. The van der Waals surface area contributed by atoms with Crippen LogP contribution in [0.2, 0.25) is 5.02 Å². The number of allylic oxidation sites excluding steroid dienone is 1. The average molecular weight is 664 g/mol. The number of nitrogens with one attached hydrogen (secondary N) is 1. The van der Waals surface area contributed by atoms with Gasteiger partial charge in [0.15, 0.2) is 11.5 Å². The molecule has 41 heavy (non-hydrogen) atoms. The second-order valence-electron chi connectivity index (χ2n) is 10.2. The Kier molecular flexibility index (Phi) is 11.0. The lowest BCUT2D eigenvalue weighted by atomic mass is 9.95. The molecule has 0 bridgehead atoms. The van der Waals surface area contributed by atoms with E-state index in [0.717, 1.165) is 34.9 Å². The molecule has 2 aromatic carbocycles. The van der Waals surface area contributed by atoms with Crippen LogP contribution in [0.15, 0.2) is 57.3 Å². The molecule has 0 aliphatic carbocycles. The Morgan fingerprint density at radius 3 is 2.73 bits per heavy atom. The zero-order chi connectivity index (χ0) is 29.5. The van der Waals surface area contributed by atoms with Gasteiger partial charge in [0.25, 0.3) is 0 Å². The summed E-state index contributed by atoms with van der Waals surface area (Å²) in [7, 11) is 1.61. The molecular weight excluding hydrogens is 628 g/mol. The van der Waals surface area contributed by atoms with Crippen molar-refractivity contribution in [3.8, 4) is 11.5 Å². The Morgan fingerprint density at radius 1 is 1.24 bits per heavy atom. The number of rotatable bonds is 13. The molecule has 0 saturated heterocycles. The van der Waals surface area contributed by atoms with Crippen molar-refractivity contribution in [2.45, 2.75) is 63.9 Å². The second kappa shape index (κ2) is 14.5. The number of methoxy groups -OCH3 is 1. The van der Waals surface area contributed by atoms with Crippen LogP contribution in [0.4, 0.5) is 5.95 Å². The number of fused-ring (bicyclic) bond motifs is 1. The molecule has 0 fully saturated rings. The molecule has 8 nitrogen and oxygen atoms in total. The number of carbonyl (C=O) groups is 1. The minimum absolute atomic E-state index is 0.345. The number of hydrogen-bond donors (Lipinski definition) is 1. The van der Waals surface area contributed by atoms with Crippen molar-refractivity contribution in [3.05, 3.63) is 68.3 Å². The number of thioether (sulfide) groups is 1. The minimum Gasteiger partial charge on any atom is -0.493 e. The summed E-state index contributed by atoms with van der Waals surface area (Å²) in [6, 6.07) is 10.9. The van der Waals surface area contributed by atoms with Gasteiger partial charge in [-0.25, -0.2) is 9.48 Å². The summed E-state index contributed by atoms with van der Waals surface area (Å²) in [5, 5.41) is 9.35. The Labute approximate surface area is 259 Å². The van der Waals surface area contributed by atoms with Crippen molar-refractivity contribution in [1.29, 1.82) is 0 Å². The molecule has 2 heterocycles. The molecule has 1 atom stereocenters. The number of carbonyl (C=O) groups excluding carboxylic acids is 1. The molecule has 3 aromatic rings. The third kappa shape index (κ3) is 7.59. The van der Waals surface area contributed by atoms with Crippen LogP contribution in [0.5, 0.6) is 11.5 Å². The maximum atomic E-state index is 13.5. The lowest BCUT2D eigenvalue weighted by Gasteiger charge is -2.29. The quantitative estimate of drug-likeness (QED) is 0.112. The molecule has 1 aromatic heterocycles. The highest BCUT2D eigenvalue weighted by Crippen LogP contribution is 2.43. The Balaban J connectivity index is 1.72. The van der Waals surface area contributed by atoms with E-state index in [1.165, 1.54) is 11.8 Å². The van der Waals surface area contributed by atoms with Crippen LogP contribution in [-0.2, 0) is 15.3 Å². The summed E-state index contributed by atoms with van der Waals surface area (Å²) in [6.45, 7) is 9.13. The SMILES string of the molecule is CCCCOC(=O)C1=C(C)Nc2nc(SCc3ccccc3Cl)nn2C1c1cc(Br)c(OCCC(C)C)c(OC)c1. The van der Waals surface area contributed by atoms with Gasteiger partial charge in [-0.2, -0.15) is 4.98 Å². The summed E-state index contributed by atoms with van der Waals surface area (Å²) in [5.41, 5.74) is 2.89. The van der Waals surface area contributed by atoms with E-state index in [-0.39, 0.29) is 0 Å². The predicted molar refractivity (Wildman–Crippen MR) is 167 cm³/mol. The van der Waals surface area contributed by atoms with E-state index in [4.69, 9.17) is 35.9 Å². The van der Waals surface area contributed by atoms with Crippen LogP contribution in [0.1, 0.15) is 64.1 Å². The first-order chi connectivity index (χ1) is 19.7. The van der Waals surface area contributed by atoms with Crippen molar-refractivity contribution in [3.63, 3.8) is 0 Å². The van der Waals surface area contributed by atoms with Gasteiger partial charge >= 0.3 is 5.97 Å². The number of esters is 1. The first-order valence-electron chi connectivity index (χ1n) is 13.7. The zero-order valence-corrected chi connectivity index (χ0v) is 27.2. The first kappa shape index (κ1) is 31.3. The third-order valence-corrected chi connectivity index (χ3v) is 8.45.